The smallest absolute Gasteiger partial charge is 0.123 e. The topological polar surface area (TPSA) is 71.6 Å². The number of piperidine rings is 1. The third-order valence-corrected chi connectivity index (χ3v) is 3.19. The molecule has 0 spiro atoms. The zero-order valence-electron chi connectivity index (χ0n) is 10.6. The van der Waals surface area contributed by atoms with Crippen LogP contribution in [-0.2, 0) is 11.3 Å². The number of rotatable bonds is 5. The van der Waals surface area contributed by atoms with E-state index in [1.165, 1.54) is 0 Å². The number of pyridine rings is 1. The molecule has 18 heavy (non-hydrogen) atoms. The van der Waals surface area contributed by atoms with E-state index in [9.17, 15) is 0 Å². The first-order chi connectivity index (χ1) is 8.78. The fourth-order valence-electron chi connectivity index (χ4n) is 2.27. The Morgan fingerprint density at radius 1 is 1.39 bits per heavy atom. The Morgan fingerprint density at radius 2 is 2.17 bits per heavy atom. The quantitative estimate of drug-likeness (QED) is 0.803. The summed E-state index contributed by atoms with van der Waals surface area (Å²) < 4.78 is 5.54. The normalized spacial score (nSPS) is 18.1. The van der Waals surface area contributed by atoms with Gasteiger partial charge in [-0.3, -0.25) is 4.90 Å². The molecule has 1 saturated heterocycles. The van der Waals surface area contributed by atoms with Gasteiger partial charge < -0.3 is 15.6 Å². The van der Waals surface area contributed by atoms with E-state index in [1.54, 1.807) is 6.07 Å². The lowest BCUT2D eigenvalue weighted by Gasteiger charge is -2.31. The first kappa shape index (κ1) is 13.3. The molecular formula is C13H21N3O2. The van der Waals surface area contributed by atoms with Crippen molar-refractivity contribution in [2.24, 2.45) is 0 Å². The molecule has 1 aliphatic heterocycles. The summed E-state index contributed by atoms with van der Waals surface area (Å²) in [5.74, 6) is 0.577. The van der Waals surface area contributed by atoms with Gasteiger partial charge in [0.05, 0.1) is 25.0 Å². The van der Waals surface area contributed by atoms with Crippen molar-refractivity contribution in [1.29, 1.82) is 0 Å². The molecule has 0 atom stereocenters. The summed E-state index contributed by atoms with van der Waals surface area (Å²) in [5, 5.41) is 8.71. The van der Waals surface area contributed by atoms with Gasteiger partial charge in [0, 0.05) is 19.6 Å². The molecule has 5 heteroatoms. The van der Waals surface area contributed by atoms with E-state index in [2.05, 4.69) is 9.88 Å². The van der Waals surface area contributed by atoms with E-state index in [0.29, 0.717) is 18.5 Å². The third-order valence-electron chi connectivity index (χ3n) is 3.19. The van der Waals surface area contributed by atoms with Crippen LogP contribution in [0.15, 0.2) is 18.2 Å². The summed E-state index contributed by atoms with van der Waals surface area (Å²) in [4.78, 5) is 6.67. The molecule has 1 aromatic heterocycles. The van der Waals surface area contributed by atoms with E-state index in [4.69, 9.17) is 15.6 Å². The highest BCUT2D eigenvalue weighted by atomic mass is 16.5. The maximum absolute atomic E-state index is 8.71. The average Bonchev–Trinajstić information content (AvgIpc) is 2.38. The molecule has 0 saturated carbocycles. The SMILES string of the molecule is Nc1cccc(CN2CCC(OCCO)CC2)n1. The first-order valence-corrected chi connectivity index (χ1v) is 6.44. The molecule has 0 radical (unpaired) electrons. The zero-order valence-corrected chi connectivity index (χ0v) is 10.6. The number of hydrogen-bond acceptors (Lipinski definition) is 5. The molecule has 1 aliphatic rings. The van der Waals surface area contributed by atoms with Crippen molar-refractivity contribution in [3.8, 4) is 0 Å². The summed E-state index contributed by atoms with van der Waals surface area (Å²) in [5.41, 5.74) is 6.69. The first-order valence-electron chi connectivity index (χ1n) is 6.44. The molecule has 100 valence electrons. The Kier molecular flexibility index (Phi) is 4.92. The highest BCUT2D eigenvalue weighted by Gasteiger charge is 2.19. The minimum atomic E-state index is 0.105. The molecule has 0 amide bonds. The molecule has 3 N–H and O–H groups in total. The van der Waals surface area contributed by atoms with Crippen LogP contribution in [-0.4, -0.2) is 47.4 Å². The van der Waals surface area contributed by atoms with Gasteiger partial charge in [-0.25, -0.2) is 4.98 Å². The van der Waals surface area contributed by atoms with Gasteiger partial charge in [-0.2, -0.15) is 0 Å². The second kappa shape index (κ2) is 6.68. The standard InChI is InChI=1S/C13H21N3O2/c14-13-3-1-2-11(15-13)10-16-6-4-12(5-7-16)18-9-8-17/h1-3,12,17H,4-10H2,(H2,14,15). The number of aromatic nitrogens is 1. The largest absolute Gasteiger partial charge is 0.394 e. The third kappa shape index (κ3) is 3.94. The lowest BCUT2D eigenvalue weighted by Crippen LogP contribution is -2.37. The molecule has 2 rings (SSSR count). The lowest BCUT2D eigenvalue weighted by molar-refractivity contribution is -0.00918. The van der Waals surface area contributed by atoms with E-state index in [1.807, 2.05) is 12.1 Å². The summed E-state index contributed by atoms with van der Waals surface area (Å²) in [6.45, 7) is 3.41. The zero-order chi connectivity index (χ0) is 12.8. The van der Waals surface area contributed by atoms with E-state index < -0.39 is 0 Å². The summed E-state index contributed by atoms with van der Waals surface area (Å²) in [6.07, 6.45) is 2.33. The predicted molar refractivity (Wildman–Crippen MR) is 70.0 cm³/mol. The molecule has 0 aromatic carbocycles. The van der Waals surface area contributed by atoms with Crippen LogP contribution in [0.2, 0.25) is 0 Å². The van der Waals surface area contributed by atoms with Crippen molar-refractivity contribution in [2.75, 3.05) is 32.0 Å². The van der Waals surface area contributed by atoms with Gasteiger partial charge in [-0.05, 0) is 25.0 Å². The second-order valence-electron chi connectivity index (χ2n) is 4.62. The van der Waals surface area contributed by atoms with Gasteiger partial charge in [0.25, 0.3) is 0 Å². The number of hydrogen-bond donors (Lipinski definition) is 2. The number of ether oxygens (including phenoxy) is 1. The molecule has 1 fully saturated rings. The fraction of sp³-hybridized carbons (Fsp3) is 0.615. The van der Waals surface area contributed by atoms with Gasteiger partial charge in [-0.1, -0.05) is 6.07 Å². The van der Waals surface area contributed by atoms with Crippen molar-refractivity contribution >= 4 is 5.82 Å². The Hall–Kier alpha value is -1.17. The number of likely N-dealkylation sites (tertiary alicyclic amines) is 1. The highest BCUT2D eigenvalue weighted by molar-refractivity contribution is 5.28. The Morgan fingerprint density at radius 3 is 2.83 bits per heavy atom. The summed E-state index contributed by atoms with van der Waals surface area (Å²) >= 11 is 0. The molecule has 0 unspecified atom stereocenters. The maximum atomic E-state index is 8.71. The highest BCUT2D eigenvalue weighted by Crippen LogP contribution is 2.15. The number of aliphatic hydroxyl groups excluding tert-OH is 1. The molecule has 0 aliphatic carbocycles. The van der Waals surface area contributed by atoms with Gasteiger partial charge in [0.2, 0.25) is 0 Å². The number of nitrogen functional groups attached to an aromatic ring is 1. The minimum absolute atomic E-state index is 0.105. The van der Waals surface area contributed by atoms with Crippen LogP contribution in [0.5, 0.6) is 0 Å². The van der Waals surface area contributed by atoms with Crippen LogP contribution in [0, 0.1) is 0 Å². The van der Waals surface area contributed by atoms with Crippen LogP contribution in [0.25, 0.3) is 0 Å². The summed E-state index contributed by atoms with van der Waals surface area (Å²) in [6, 6.07) is 5.75. The van der Waals surface area contributed by atoms with Crippen LogP contribution in [0.3, 0.4) is 0 Å². The molecule has 5 nitrogen and oxygen atoms in total. The Labute approximate surface area is 108 Å². The fourth-order valence-corrected chi connectivity index (χ4v) is 2.27. The second-order valence-corrected chi connectivity index (χ2v) is 4.62. The van der Waals surface area contributed by atoms with Crippen LogP contribution < -0.4 is 5.73 Å². The summed E-state index contributed by atoms with van der Waals surface area (Å²) in [7, 11) is 0. The minimum Gasteiger partial charge on any atom is -0.394 e. The number of nitrogens with zero attached hydrogens (tertiary/aromatic N) is 2. The number of nitrogens with two attached hydrogens (primary N) is 1. The van der Waals surface area contributed by atoms with Crippen LogP contribution in [0.4, 0.5) is 5.82 Å². The van der Waals surface area contributed by atoms with Crippen LogP contribution >= 0.6 is 0 Å². The molecular weight excluding hydrogens is 230 g/mol. The Bertz CT molecular complexity index is 365. The van der Waals surface area contributed by atoms with Crippen molar-refractivity contribution in [3.05, 3.63) is 23.9 Å². The van der Waals surface area contributed by atoms with Crippen molar-refractivity contribution in [3.63, 3.8) is 0 Å². The molecule has 0 bridgehead atoms. The Balaban J connectivity index is 1.76. The lowest BCUT2D eigenvalue weighted by atomic mass is 10.1. The maximum Gasteiger partial charge on any atom is 0.123 e. The number of anilines is 1. The van der Waals surface area contributed by atoms with Gasteiger partial charge in [-0.15, -0.1) is 0 Å². The van der Waals surface area contributed by atoms with E-state index in [-0.39, 0.29) is 6.61 Å². The van der Waals surface area contributed by atoms with E-state index >= 15 is 0 Å². The van der Waals surface area contributed by atoms with Crippen LogP contribution in [0.1, 0.15) is 18.5 Å². The number of aliphatic hydroxyl groups is 1. The molecule has 1 aromatic rings. The van der Waals surface area contributed by atoms with E-state index in [0.717, 1.165) is 38.2 Å². The van der Waals surface area contributed by atoms with Crippen molar-refractivity contribution in [1.82, 2.24) is 9.88 Å². The molecule has 2 heterocycles. The average molecular weight is 251 g/mol. The van der Waals surface area contributed by atoms with Gasteiger partial charge in [0.1, 0.15) is 5.82 Å². The predicted octanol–water partition coefficient (Wildman–Crippen LogP) is 0.637. The van der Waals surface area contributed by atoms with Crippen molar-refractivity contribution < 1.29 is 9.84 Å². The van der Waals surface area contributed by atoms with Gasteiger partial charge >= 0.3 is 0 Å². The monoisotopic (exact) mass is 251 g/mol. The van der Waals surface area contributed by atoms with Gasteiger partial charge in [0.15, 0.2) is 0 Å². The van der Waals surface area contributed by atoms with Crippen molar-refractivity contribution in [2.45, 2.75) is 25.5 Å².